The van der Waals surface area contributed by atoms with Gasteiger partial charge in [-0.25, -0.2) is 0 Å². The van der Waals surface area contributed by atoms with Crippen molar-refractivity contribution in [3.05, 3.63) is 24.3 Å². The highest BCUT2D eigenvalue weighted by Crippen LogP contribution is 2.59. The minimum atomic E-state index is -0.338. The van der Waals surface area contributed by atoms with Crippen LogP contribution in [0.5, 0.6) is 0 Å². The predicted molar refractivity (Wildman–Crippen MR) is 53.5 cm³/mol. The predicted octanol–water partition coefficient (Wildman–Crippen LogP) is 0.966. The van der Waals surface area contributed by atoms with Crippen molar-refractivity contribution in [2.75, 3.05) is 13.2 Å². The van der Waals surface area contributed by atoms with E-state index in [1.807, 2.05) is 0 Å². The maximum atomic E-state index is 9.46. The van der Waals surface area contributed by atoms with Gasteiger partial charge in [0.05, 0.1) is 13.2 Å². The monoisotopic (exact) mass is 192 g/mol. The molecule has 0 spiro atoms. The lowest BCUT2D eigenvalue weighted by Crippen LogP contribution is -2.38. The number of rotatable bonds is 2. The van der Waals surface area contributed by atoms with Crippen LogP contribution in [0.1, 0.15) is 6.42 Å². The van der Waals surface area contributed by atoms with Crippen molar-refractivity contribution in [1.82, 2.24) is 0 Å². The van der Waals surface area contributed by atoms with E-state index in [0.29, 0.717) is 23.7 Å². The molecule has 2 bridgehead atoms. The van der Waals surface area contributed by atoms with Crippen LogP contribution in [0, 0.1) is 29.1 Å². The van der Waals surface area contributed by atoms with Gasteiger partial charge in [0.15, 0.2) is 0 Å². The summed E-state index contributed by atoms with van der Waals surface area (Å²) >= 11 is 0. The lowest BCUT2D eigenvalue weighted by atomic mass is 9.71. The van der Waals surface area contributed by atoms with Gasteiger partial charge in [-0.05, 0) is 30.1 Å². The Morgan fingerprint density at radius 3 is 2.50 bits per heavy atom. The second-order valence-electron chi connectivity index (χ2n) is 4.96. The molecule has 76 valence electrons. The van der Waals surface area contributed by atoms with Gasteiger partial charge in [0, 0.05) is 5.41 Å². The summed E-state index contributed by atoms with van der Waals surface area (Å²) in [5.41, 5.74) is -0.338. The molecule has 1 saturated carbocycles. The Morgan fingerprint density at radius 1 is 1.07 bits per heavy atom. The molecule has 0 aliphatic heterocycles. The zero-order chi connectivity index (χ0) is 9.76. The topological polar surface area (TPSA) is 40.5 Å². The van der Waals surface area contributed by atoms with Crippen molar-refractivity contribution in [3.8, 4) is 0 Å². The molecule has 3 rings (SSSR count). The Morgan fingerprint density at radius 2 is 1.79 bits per heavy atom. The van der Waals surface area contributed by atoms with E-state index in [4.69, 9.17) is 0 Å². The molecule has 0 aromatic rings. The maximum Gasteiger partial charge on any atom is 0.0547 e. The fraction of sp³-hybridized carbons (Fsp3) is 0.667. The third-order valence-corrected chi connectivity index (χ3v) is 4.42. The van der Waals surface area contributed by atoms with Gasteiger partial charge in [-0.15, -0.1) is 0 Å². The Kier molecular flexibility index (Phi) is 1.68. The van der Waals surface area contributed by atoms with Crippen LogP contribution < -0.4 is 0 Å². The van der Waals surface area contributed by atoms with E-state index in [1.54, 1.807) is 0 Å². The first-order chi connectivity index (χ1) is 6.80. The first kappa shape index (κ1) is 8.69. The quantitative estimate of drug-likeness (QED) is 0.640. The number of hydrogen-bond acceptors (Lipinski definition) is 2. The Hall–Kier alpha value is -0.600. The fourth-order valence-electron chi connectivity index (χ4n) is 3.71. The molecule has 3 aliphatic carbocycles. The smallest absolute Gasteiger partial charge is 0.0547 e. The van der Waals surface area contributed by atoms with Crippen molar-refractivity contribution < 1.29 is 10.2 Å². The van der Waals surface area contributed by atoms with E-state index in [-0.39, 0.29) is 18.6 Å². The molecule has 3 aliphatic rings. The van der Waals surface area contributed by atoms with E-state index in [2.05, 4.69) is 24.3 Å². The molecule has 4 atom stereocenters. The van der Waals surface area contributed by atoms with Gasteiger partial charge in [0.2, 0.25) is 0 Å². The number of allylic oxidation sites excluding steroid dienone is 3. The van der Waals surface area contributed by atoms with Crippen LogP contribution >= 0.6 is 0 Å². The first-order valence-electron chi connectivity index (χ1n) is 5.40. The van der Waals surface area contributed by atoms with Crippen molar-refractivity contribution in [1.29, 1.82) is 0 Å². The van der Waals surface area contributed by atoms with Gasteiger partial charge >= 0.3 is 0 Å². The normalized spacial score (nSPS) is 46.1. The van der Waals surface area contributed by atoms with Crippen LogP contribution in [0.15, 0.2) is 24.3 Å². The van der Waals surface area contributed by atoms with Gasteiger partial charge < -0.3 is 10.2 Å². The molecule has 0 amide bonds. The van der Waals surface area contributed by atoms with E-state index in [0.717, 1.165) is 0 Å². The van der Waals surface area contributed by atoms with Crippen molar-refractivity contribution in [3.63, 3.8) is 0 Å². The summed E-state index contributed by atoms with van der Waals surface area (Å²) in [5.74, 6) is 2.28. The standard InChI is InChI=1S/C12H16O2/c13-6-12(7-14)4-3-10-8-1-2-9(5-8)11(10)12/h1-4,8-11,13-14H,5-7H2. The number of aliphatic hydroxyl groups excluding tert-OH is 2. The fourth-order valence-corrected chi connectivity index (χ4v) is 3.71. The van der Waals surface area contributed by atoms with E-state index < -0.39 is 0 Å². The van der Waals surface area contributed by atoms with Crippen LogP contribution in [0.3, 0.4) is 0 Å². The molecule has 0 heterocycles. The first-order valence-corrected chi connectivity index (χ1v) is 5.40. The average molecular weight is 192 g/mol. The summed E-state index contributed by atoms with van der Waals surface area (Å²) in [5, 5.41) is 18.9. The minimum absolute atomic E-state index is 0.0816. The van der Waals surface area contributed by atoms with Crippen LogP contribution in [-0.4, -0.2) is 23.4 Å². The number of fused-ring (bicyclic) bond motifs is 5. The summed E-state index contributed by atoms with van der Waals surface area (Å²) in [6.45, 7) is 0.163. The highest BCUT2D eigenvalue weighted by molar-refractivity contribution is 5.28. The number of hydrogen-bond donors (Lipinski definition) is 2. The summed E-state index contributed by atoms with van der Waals surface area (Å²) in [6.07, 6.45) is 10.1. The minimum Gasteiger partial charge on any atom is -0.395 e. The average Bonchev–Trinajstić information content (AvgIpc) is 2.90. The van der Waals surface area contributed by atoms with Crippen LogP contribution in [-0.2, 0) is 0 Å². The molecule has 2 nitrogen and oxygen atoms in total. The summed E-state index contributed by atoms with van der Waals surface area (Å²) < 4.78 is 0. The molecular formula is C12H16O2. The van der Waals surface area contributed by atoms with E-state index >= 15 is 0 Å². The van der Waals surface area contributed by atoms with Gasteiger partial charge in [0.1, 0.15) is 0 Å². The highest BCUT2D eigenvalue weighted by atomic mass is 16.3. The molecule has 0 saturated heterocycles. The molecule has 2 N–H and O–H groups in total. The Bertz CT molecular complexity index is 301. The largest absolute Gasteiger partial charge is 0.395 e. The number of aliphatic hydroxyl groups is 2. The van der Waals surface area contributed by atoms with Crippen molar-refractivity contribution >= 4 is 0 Å². The van der Waals surface area contributed by atoms with E-state index in [9.17, 15) is 10.2 Å². The third kappa shape index (κ3) is 0.836. The highest BCUT2D eigenvalue weighted by Gasteiger charge is 2.55. The van der Waals surface area contributed by atoms with Crippen molar-refractivity contribution in [2.24, 2.45) is 29.1 Å². The second-order valence-corrected chi connectivity index (χ2v) is 4.96. The lowest BCUT2D eigenvalue weighted by Gasteiger charge is -2.35. The van der Waals surface area contributed by atoms with Crippen LogP contribution in [0.2, 0.25) is 0 Å². The van der Waals surface area contributed by atoms with E-state index in [1.165, 1.54) is 6.42 Å². The summed E-state index contributed by atoms with van der Waals surface area (Å²) in [4.78, 5) is 0. The molecule has 4 unspecified atom stereocenters. The molecular weight excluding hydrogens is 176 g/mol. The Labute approximate surface area is 83.9 Å². The molecule has 1 fully saturated rings. The maximum absolute atomic E-state index is 9.46. The lowest BCUT2D eigenvalue weighted by molar-refractivity contribution is 0.0321. The second kappa shape index (κ2) is 2.71. The summed E-state index contributed by atoms with van der Waals surface area (Å²) in [7, 11) is 0. The molecule has 14 heavy (non-hydrogen) atoms. The molecule has 2 heteroatoms. The molecule has 0 aromatic carbocycles. The van der Waals surface area contributed by atoms with Gasteiger partial charge in [-0.2, -0.15) is 0 Å². The van der Waals surface area contributed by atoms with Crippen LogP contribution in [0.25, 0.3) is 0 Å². The Balaban J connectivity index is 1.99. The SMILES string of the molecule is OCC1(CO)C=CC2C3C=CC(C3)C21. The van der Waals surface area contributed by atoms with Gasteiger partial charge in [0.25, 0.3) is 0 Å². The molecule has 0 radical (unpaired) electrons. The van der Waals surface area contributed by atoms with Gasteiger partial charge in [-0.1, -0.05) is 24.3 Å². The zero-order valence-corrected chi connectivity index (χ0v) is 8.13. The van der Waals surface area contributed by atoms with Crippen molar-refractivity contribution in [2.45, 2.75) is 6.42 Å². The summed E-state index contributed by atoms with van der Waals surface area (Å²) in [6, 6.07) is 0. The van der Waals surface area contributed by atoms with Crippen LogP contribution in [0.4, 0.5) is 0 Å². The molecule has 0 aromatic heterocycles. The zero-order valence-electron chi connectivity index (χ0n) is 8.13. The third-order valence-electron chi connectivity index (χ3n) is 4.42. The van der Waals surface area contributed by atoms with Gasteiger partial charge in [-0.3, -0.25) is 0 Å².